The summed E-state index contributed by atoms with van der Waals surface area (Å²) in [6.45, 7) is 2.79. The lowest BCUT2D eigenvalue weighted by atomic mass is 9.58. The number of para-hydroxylation sites is 1. The molecule has 1 heterocycles. The second-order valence-electron chi connectivity index (χ2n) is 10.5. The predicted octanol–water partition coefficient (Wildman–Crippen LogP) is 5.53. The molecule has 0 amide bonds. The summed E-state index contributed by atoms with van der Waals surface area (Å²) < 4.78 is 6.37. The zero-order valence-electron chi connectivity index (χ0n) is 19.0. The Balaban J connectivity index is 1.36. The van der Waals surface area contributed by atoms with Crippen molar-refractivity contribution >= 4 is 5.97 Å². The Kier molecular flexibility index (Phi) is 4.95. The van der Waals surface area contributed by atoms with Crippen LogP contribution in [0.5, 0.6) is 5.75 Å². The summed E-state index contributed by atoms with van der Waals surface area (Å²) in [5, 5.41) is 13.6. The van der Waals surface area contributed by atoms with Gasteiger partial charge in [-0.15, -0.1) is 0 Å². The highest BCUT2D eigenvalue weighted by molar-refractivity contribution is 5.90. The average molecular weight is 442 g/mol. The Bertz CT molecular complexity index is 1120. The van der Waals surface area contributed by atoms with Gasteiger partial charge in [0.15, 0.2) is 0 Å². The van der Waals surface area contributed by atoms with Crippen molar-refractivity contribution in [2.45, 2.75) is 44.4 Å². The topological polar surface area (TPSA) is 58.6 Å². The van der Waals surface area contributed by atoms with E-state index < -0.39 is 5.97 Å². The molecule has 0 radical (unpaired) electrons. The SMILES string of the molecule is CC12C=CC(C(=O)O)=CC1[C@@H]1[C@@H]3CC[C@@H](C3)[C@H]1[C@H](c1ccccc1OCc1ccccc1)N2. The maximum absolute atomic E-state index is 11.7. The molecule has 3 fully saturated rings. The van der Waals surface area contributed by atoms with Gasteiger partial charge in [-0.3, -0.25) is 0 Å². The molecule has 4 heteroatoms. The van der Waals surface area contributed by atoms with Gasteiger partial charge in [-0.2, -0.15) is 0 Å². The number of nitrogens with one attached hydrogen (secondary N) is 1. The largest absolute Gasteiger partial charge is 0.489 e. The fourth-order valence-electron chi connectivity index (χ4n) is 7.32. The summed E-state index contributed by atoms with van der Waals surface area (Å²) in [5.41, 5.74) is 2.57. The predicted molar refractivity (Wildman–Crippen MR) is 128 cm³/mol. The lowest BCUT2D eigenvalue weighted by Gasteiger charge is -2.55. The average Bonchev–Trinajstić information content (AvgIpc) is 3.45. The fourth-order valence-corrected chi connectivity index (χ4v) is 7.32. The first-order chi connectivity index (χ1) is 16.0. The summed E-state index contributed by atoms with van der Waals surface area (Å²) in [6.07, 6.45) is 9.76. The molecule has 0 spiro atoms. The Labute approximate surface area is 195 Å². The Morgan fingerprint density at radius 1 is 1.06 bits per heavy atom. The number of carboxylic acid groups (broad SMARTS) is 1. The van der Waals surface area contributed by atoms with Crippen molar-refractivity contribution in [1.82, 2.24) is 5.32 Å². The number of piperidine rings is 1. The molecule has 4 aliphatic rings. The second kappa shape index (κ2) is 7.88. The maximum Gasteiger partial charge on any atom is 0.335 e. The van der Waals surface area contributed by atoms with E-state index in [2.05, 4.69) is 54.7 Å². The number of carbonyl (C=O) groups is 1. The van der Waals surface area contributed by atoms with E-state index in [-0.39, 0.29) is 17.5 Å². The van der Waals surface area contributed by atoms with E-state index in [1.165, 1.54) is 24.8 Å². The number of hydrogen-bond donors (Lipinski definition) is 2. The smallest absolute Gasteiger partial charge is 0.335 e. The van der Waals surface area contributed by atoms with Gasteiger partial charge in [-0.25, -0.2) is 4.79 Å². The molecule has 3 aliphatic carbocycles. The number of rotatable bonds is 5. The van der Waals surface area contributed by atoms with Crippen molar-refractivity contribution in [1.29, 1.82) is 0 Å². The summed E-state index contributed by atoms with van der Waals surface area (Å²) in [4.78, 5) is 11.7. The molecule has 2 N–H and O–H groups in total. The Hall–Kier alpha value is -2.85. The van der Waals surface area contributed by atoms with Gasteiger partial charge in [0.1, 0.15) is 12.4 Å². The van der Waals surface area contributed by atoms with Gasteiger partial charge in [-0.05, 0) is 61.5 Å². The van der Waals surface area contributed by atoms with E-state index in [1.807, 2.05) is 24.3 Å². The molecule has 7 atom stereocenters. The number of carboxylic acids is 1. The Morgan fingerprint density at radius 3 is 2.58 bits per heavy atom. The van der Waals surface area contributed by atoms with Crippen molar-refractivity contribution in [3.05, 3.63) is 89.5 Å². The molecule has 2 aromatic carbocycles. The normalized spacial score (nSPS) is 36.1. The van der Waals surface area contributed by atoms with Crippen LogP contribution in [-0.2, 0) is 11.4 Å². The number of fused-ring (bicyclic) bond motifs is 7. The van der Waals surface area contributed by atoms with Gasteiger partial charge in [0.2, 0.25) is 0 Å². The van der Waals surface area contributed by atoms with Crippen molar-refractivity contribution in [2.75, 3.05) is 0 Å². The quantitative estimate of drug-likeness (QED) is 0.641. The van der Waals surface area contributed by atoms with Crippen LogP contribution in [0, 0.1) is 29.6 Å². The molecular formula is C29H31NO3. The van der Waals surface area contributed by atoms with Crippen molar-refractivity contribution in [3.8, 4) is 5.75 Å². The van der Waals surface area contributed by atoms with Crippen LogP contribution in [0.3, 0.4) is 0 Å². The monoisotopic (exact) mass is 441 g/mol. The van der Waals surface area contributed by atoms with Crippen molar-refractivity contribution in [3.63, 3.8) is 0 Å². The standard InChI is InChI=1S/C29H31NO3/c1-29-14-13-21(28(31)32)16-23(29)25-19-11-12-20(15-19)26(25)27(30-29)22-9-5-6-10-24(22)33-17-18-7-3-2-4-8-18/h2-10,13-14,16,19-20,23,25-27,30H,11-12,15,17H2,1H3,(H,31,32)/t19-,20+,23?,25+,26-,27+,29?/m1/s1. The van der Waals surface area contributed by atoms with Gasteiger partial charge in [0.05, 0.1) is 5.57 Å². The highest BCUT2D eigenvalue weighted by Gasteiger charge is 2.60. The van der Waals surface area contributed by atoms with Crippen LogP contribution in [-0.4, -0.2) is 16.6 Å². The van der Waals surface area contributed by atoms with Crippen molar-refractivity contribution in [2.24, 2.45) is 29.6 Å². The van der Waals surface area contributed by atoms with Gasteiger partial charge >= 0.3 is 5.97 Å². The zero-order chi connectivity index (χ0) is 22.6. The third-order valence-corrected chi connectivity index (χ3v) is 8.71. The van der Waals surface area contributed by atoms with E-state index in [4.69, 9.17) is 4.74 Å². The molecule has 33 heavy (non-hydrogen) atoms. The van der Waals surface area contributed by atoms with Crippen LogP contribution in [0.1, 0.15) is 43.4 Å². The van der Waals surface area contributed by atoms with Crippen LogP contribution in [0.4, 0.5) is 0 Å². The highest BCUT2D eigenvalue weighted by Crippen LogP contribution is 2.63. The first-order valence-electron chi connectivity index (χ1n) is 12.2. The van der Waals surface area contributed by atoms with Crippen LogP contribution < -0.4 is 10.1 Å². The molecule has 2 saturated carbocycles. The highest BCUT2D eigenvalue weighted by atomic mass is 16.5. The lowest BCUT2D eigenvalue weighted by molar-refractivity contribution is -0.132. The minimum atomic E-state index is -0.824. The number of aliphatic carboxylic acids is 1. The lowest BCUT2D eigenvalue weighted by Crippen LogP contribution is -2.60. The van der Waals surface area contributed by atoms with Crippen LogP contribution in [0.15, 0.2) is 78.4 Å². The fraction of sp³-hybridized carbons (Fsp3) is 0.414. The molecule has 2 bridgehead atoms. The van der Waals surface area contributed by atoms with E-state index in [1.54, 1.807) is 6.08 Å². The minimum absolute atomic E-state index is 0.197. The van der Waals surface area contributed by atoms with E-state index in [0.29, 0.717) is 35.9 Å². The van der Waals surface area contributed by atoms with Crippen LogP contribution in [0.25, 0.3) is 0 Å². The maximum atomic E-state index is 11.7. The van der Waals surface area contributed by atoms with Gasteiger partial charge in [-0.1, -0.05) is 66.8 Å². The van der Waals surface area contributed by atoms with Crippen molar-refractivity contribution < 1.29 is 14.6 Å². The molecule has 6 rings (SSSR count). The van der Waals surface area contributed by atoms with E-state index in [9.17, 15) is 9.90 Å². The number of hydrogen-bond acceptors (Lipinski definition) is 3. The van der Waals surface area contributed by atoms with E-state index in [0.717, 1.165) is 11.3 Å². The van der Waals surface area contributed by atoms with Crippen LogP contribution >= 0.6 is 0 Å². The molecule has 0 aromatic heterocycles. The summed E-state index contributed by atoms with van der Waals surface area (Å²) in [7, 11) is 0. The third kappa shape index (κ3) is 3.43. The van der Waals surface area contributed by atoms with Crippen LogP contribution in [0.2, 0.25) is 0 Å². The third-order valence-electron chi connectivity index (χ3n) is 8.71. The molecular weight excluding hydrogens is 410 g/mol. The summed E-state index contributed by atoms with van der Waals surface area (Å²) >= 11 is 0. The minimum Gasteiger partial charge on any atom is -0.489 e. The number of benzene rings is 2. The van der Waals surface area contributed by atoms with Gasteiger partial charge in [0.25, 0.3) is 0 Å². The molecule has 170 valence electrons. The molecule has 1 saturated heterocycles. The Morgan fingerprint density at radius 2 is 1.79 bits per heavy atom. The first kappa shape index (κ1) is 20.7. The van der Waals surface area contributed by atoms with Gasteiger partial charge in [0, 0.05) is 23.1 Å². The molecule has 2 aromatic rings. The number of ether oxygens (including phenoxy) is 1. The molecule has 1 aliphatic heterocycles. The van der Waals surface area contributed by atoms with E-state index >= 15 is 0 Å². The zero-order valence-corrected chi connectivity index (χ0v) is 19.0. The summed E-state index contributed by atoms with van der Waals surface area (Å²) in [6, 6.07) is 19.0. The summed E-state index contributed by atoms with van der Waals surface area (Å²) in [5.74, 6) is 2.71. The molecule has 4 nitrogen and oxygen atoms in total. The van der Waals surface area contributed by atoms with Gasteiger partial charge < -0.3 is 15.2 Å². The second-order valence-corrected chi connectivity index (χ2v) is 10.5. The first-order valence-corrected chi connectivity index (χ1v) is 12.2. The molecule has 2 unspecified atom stereocenters.